The van der Waals surface area contributed by atoms with E-state index >= 15 is 0 Å². The SMILES string of the molecule is CCCC(=O)Nc1ccc(OC)cc1.COc1cc(S(C)=O)ccc1Nc1n[nH]c2ccccc12. The highest BCUT2D eigenvalue weighted by molar-refractivity contribution is 7.84. The highest BCUT2D eigenvalue weighted by Crippen LogP contribution is 2.31. The van der Waals surface area contributed by atoms with Crippen LogP contribution in [0.2, 0.25) is 0 Å². The van der Waals surface area contributed by atoms with E-state index in [1.165, 1.54) is 0 Å². The van der Waals surface area contributed by atoms with E-state index in [0.29, 0.717) is 12.2 Å². The molecule has 1 heterocycles. The van der Waals surface area contributed by atoms with Crippen molar-refractivity contribution < 1.29 is 18.5 Å². The Balaban J connectivity index is 0.000000214. The fourth-order valence-electron chi connectivity index (χ4n) is 3.26. The molecule has 8 nitrogen and oxygen atoms in total. The third-order valence-electron chi connectivity index (χ3n) is 5.08. The zero-order chi connectivity index (χ0) is 25.2. The van der Waals surface area contributed by atoms with E-state index in [-0.39, 0.29) is 5.91 Å². The number of nitrogens with zero attached hydrogens (tertiary/aromatic N) is 1. The van der Waals surface area contributed by atoms with Crippen molar-refractivity contribution >= 4 is 44.8 Å². The molecular formula is C26H30N4O4S. The molecule has 0 fully saturated rings. The lowest BCUT2D eigenvalue weighted by Gasteiger charge is -2.10. The van der Waals surface area contributed by atoms with Crippen molar-refractivity contribution in [3.05, 3.63) is 66.7 Å². The average molecular weight is 495 g/mol. The van der Waals surface area contributed by atoms with E-state index in [0.717, 1.165) is 45.2 Å². The van der Waals surface area contributed by atoms with Crippen molar-refractivity contribution in [2.24, 2.45) is 0 Å². The number of fused-ring (bicyclic) bond motifs is 1. The minimum atomic E-state index is -1.04. The summed E-state index contributed by atoms with van der Waals surface area (Å²) in [5.74, 6) is 2.21. The summed E-state index contributed by atoms with van der Waals surface area (Å²) in [6.07, 6.45) is 3.07. The molecule has 4 rings (SSSR count). The molecule has 1 unspecified atom stereocenters. The van der Waals surface area contributed by atoms with E-state index < -0.39 is 10.8 Å². The van der Waals surface area contributed by atoms with Gasteiger partial charge in [-0.15, -0.1) is 0 Å². The number of hydrogen-bond acceptors (Lipinski definition) is 6. The molecule has 184 valence electrons. The lowest BCUT2D eigenvalue weighted by Crippen LogP contribution is -2.10. The molecule has 9 heteroatoms. The van der Waals surface area contributed by atoms with Gasteiger partial charge in [-0.25, -0.2) is 0 Å². The minimum absolute atomic E-state index is 0.0534. The topological polar surface area (TPSA) is 105 Å². The Bertz CT molecular complexity index is 1290. The molecule has 0 saturated carbocycles. The number of carbonyl (C=O) groups is 1. The highest BCUT2D eigenvalue weighted by Gasteiger charge is 2.10. The maximum atomic E-state index is 11.5. The van der Waals surface area contributed by atoms with Crippen LogP contribution in [0.1, 0.15) is 19.8 Å². The monoisotopic (exact) mass is 494 g/mol. The van der Waals surface area contributed by atoms with Crippen LogP contribution in [0.3, 0.4) is 0 Å². The average Bonchev–Trinajstić information content (AvgIpc) is 3.28. The van der Waals surface area contributed by atoms with Crippen molar-refractivity contribution in [2.45, 2.75) is 24.7 Å². The van der Waals surface area contributed by atoms with E-state index in [1.807, 2.05) is 67.6 Å². The number of hydrogen-bond donors (Lipinski definition) is 3. The van der Waals surface area contributed by atoms with Gasteiger partial charge in [0.25, 0.3) is 0 Å². The second-order valence-corrected chi connectivity index (χ2v) is 8.97. The fraction of sp³-hybridized carbons (Fsp3) is 0.231. The minimum Gasteiger partial charge on any atom is -0.497 e. The summed E-state index contributed by atoms with van der Waals surface area (Å²) in [6, 6.07) is 20.6. The molecular weight excluding hydrogens is 464 g/mol. The van der Waals surface area contributed by atoms with E-state index in [1.54, 1.807) is 26.5 Å². The van der Waals surface area contributed by atoms with E-state index in [2.05, 4.69) is 20.8 Å². The number of benzene rings is 3. The Labute approximate surface area is 207 Å². The van der Waals surface area contributed by atoms with E-state index in [4.69, 9.17) is 9.47 Å². The summed E-state index contributed by atoms with van der Waals surface area (Å²) in [6.45, 7) is 1.98. The normalized spacial score (nSPS) is 11.2. The van der Waals surface area contributed by atoms with Crippen molar-refractivity contribution in [1.82, 2.24) is 10.2 Å². The number of anilines is 3. The van der Waals surface area contributed by atoms with Crippen LogP contribution in [0, 0.1) is 0 Å². The van der Waals surface area contributed by atoms with Crippen LogP contribution in [0.15, 0.2) is 71.6 Å². The van der Waals surface area contributed by atoms with Crippen LogP contribution < -0.4 is 20.1 Å². The molecule has 1 aromatic heterocycles. The molecule has 0 aliphatic heterocycles. The van der Waals surface area contributed by atoms with Crippen molar-refractivity contribution in [3.8, 4) is 11.5 Å². The lowest BCUT2D eigenvalue weighted by molar-refractivity contribution is -0.116. The van der Waals surface area contributed by atoms with Gasteiger partial charge in [0.1, 0.15) is 11.5 Å². The maximum Gasteiger partial charge on any atom is 0.224 e. The third-order valence-corrected chi connectivity index (χ3v) is 6.00. The first-order valence-electron chi connectivity index (χ1n) is 11.1. The summed E-state index contributed by atoms with van der Waals surface area (Å²) in [7, 11) is 2.16. The van der Waals surface area contributed by atoms with Gasteiger partial charge in [-0.1, -0.05) is 19.1 Å². The number of amides is 1. The summed E-state index contributed by atoms with van der Waals surface area (Å²) < 4.78 is 21.9. The van der Waals surface area contributed by atoms with Crippen LogP contribution in [0.5, 0.6) is 11.5 Å². The predicted molar refractivity (Wildman–Crippen MR) is 141 cm³/mol. The fourth-order valence-corrected chi connectivity index (χ4v) is 3.80. The Kier molecular flexibility index (Phi) is 9.25. The summed E-state index contributed by atoms with van der Waals surface area (Å²) in [5.41, 5.74) is 2.55. The molecule has 0 spiro atoms. The lowest BCUT2D eigenvalue weighted by atomic mass is 10.2. The molecule has 0 saturated heterocycles. The number of ether oxygens (including phenoxy) is 2. The highest BCUT2D eigenvalue weighted by atomic mass is 32.2. The van der Waals surface area contributed by atoms with Gasteiger partial charge in [0.05, 0.1) is 25.4 Å². The Morgan fingerprint density at radius 1 is 1.03 bits per heavy atom. The zero-order valence-corrected chi connectivity index (χ0v) is 21.1. The van der Waals surface area contributed by atoms with Crippen LogP contribution in [0.25, 0.3) is 10.9 Å². The molecule has 0 radical (unpaired) electrons. The number of H-pyrrole nitrogens is 1. The quantitative estimate of drug-likeness (QED) is 0.299. The van der Waals surface area contributed by atoms with Crippen LogP contribution in [-0.4, -0.2) is 40.8 Å². The molecule has 0 aliphatic rings. The second kappa shape index (κ2) is 12.6. The zero-order valence-electron chi connectivity index (χ0n) is 20.3. The van der Waals surface area contributed by atoms with Crippen LogP contribution in [-0.2, 0) is 15.6 Å². The predicted octanol–water partition coefficient (Wildman–Crippen LogP) is 5.49. The number of aromatic nitrogens is 2. The van der Waals surface area contributed by atoms with Gasteiger partial charge in [-0.3, -0.25) is 14.1 Å². The molecule has 4 aromatic rings. The maximum absolute atomic E-state index is 11.5. The number of para-hydroxylation sites is 1. The van der Waals surface area contributed by atoms with Gasteiger partial charge >= 0.3 is 0 Å². The van der Waals surface area contributed by atoms with Crippen molar-refractivity contribution in [2.75, 3.05) is 31.1 Å². The number of nitrogens with one attached hydrogen (secondary N) is 3. The molecule has 1 atom stereocenters. The molecule has 35 heavy (non-hydrogen) atoms. The number of carbonyl (C=O) groups excluding carboxylic acids is 1. The molecule has 0 bridgehead atoms. The van der Waals surface area contributed by atoms with Crippen LogP contribution >= 0.6 is 0 Å². The van der Waals surface area contributed by atoms with Gasteiger partial charge in [0, 0.05) is 39.4 Å². The largest absolute Gasteiger partial charge is 0.497 e. The van der Waals surface area contributed by atoms with Gasteiger partial charge in [0.15, 0.2) is 5.82 Å². The van der Waals surface area contributed by atoms with E-state index in [9.17, 15) is 9.00 Å². The first kappa shape index (κ1) is 25.8. The molecule has 3 aromatic carbocycles. The van der Waals surface area contributed by atoms with Crippen molar-refractivity contribution in [1.29, 1.82) is 0 Å². The Hall–Kier alpha value is -3.85. The number of aromatic amines is 1. The molecule has 1 amide bonds. The Morgan fingerprint density at radius 3 is 2.43 bits per heavy atom. The molecule has 3 N–H and O–H groups in total. The van der Waals surface area contributed by atoms with Gasteiger partial charge in [0.2, 0.25) is 5.91 Å². The first-order valence-corrected chi connectivity index (χ1v) is 12.7. The number of rotatable bonds is 8. The Morgan fingerprint density at radius 2 is 1.77 bits per heavy atom. The summed E-state index contributed by atoms with van der Waals surface area (Å²) >= 11 is 0. The summed E-state index contributed by atoms with van der Waals surface area (Å²) in [4.78, 5) is 12.0. The third kappa shape index (κ3) is 7.07. The van der Waals surface area contributed by atoms with Gasteiger partial charge < -0.3 is 20.1 Å². The molecule has 0 aliphatic carbocycles. The standard InChI is InChI=1S/C15H15N3O2S.C11H15NO2/c1-20-14-9-10(21(2)19)7-8-13(14)16-15-11-5-3-4-6-12(11)17-18-15;1-3-4-11(13)12-9-5-7-10(14-2)8-6-9/h3-9H,1-2H3,(H2,16,17,18);5-8H,3-4H2,1-2H3,(H,12,13). The number of methoxy groups -OCH3 is 2. The second-order valence-electron chi connectivity index (χ2n) is 7.59. The first-order chi connectivity index (χ1) is 16.9. The van der Waals surface area contributed by atoms with Crippen molar-refractivity contribution in [3.63, 3.8) is 0 Å². The van der Waals surface area contributed by atoms with Crippen LogP contribution in [0.4, 0.5) is 17.2 Å². The van der Waals surface area contributed by atoms with Gasteiger partial charge in [-0.2, -0.15) is 5.10 Å². The smallest absolute Gasteiger partial charge is 0.224 e. The van der Waals surface area contributed by atoms with Gasteiger partial charge in [-0.05, 0) is 61.0 Å². The summed E-state index contributed by atoms with van der Waals surface area (Å²) in [5, 5.41) is 14.3.